The summed E-state index contributed by atoms with van der Waals surface area (Å²) in [5.74, 6) is 0. The molecule has 0 aliphatic heterocycles. The molecule has 6 nitrogen and oxygen atoms in total. The van der Waals surface area contributed by atoms with Gasteiger partial charge in [-0.1, -0.05) is 17.7 Å². The molecule has 0 saturated heterocycles. The van der Waals surface area contributed by atoms with Crippen LogP contribution in [0.25, 0.3) is 0 Å². The van der Waals surface area contributed by atoms with E-state index >= 15 is 0 Å². The van der Waals surface area contributed by atoms with E-state index in [4.69, 9.17) is 11.6 Å². The normalized spacial score (nSPS) is 12.4. The second-order valence-corrected chi connectivity index (χ2v) is 8.53. The Balaban J connectivity index is 3.06. The fraction of sp³-hybridized carbons (Fsp3) is 0.455. The molecular weight excluding hydrogens is 324 g/mol. The van der Waals surface area contributed by atoms with Gasteiger partial charge in [-0.25, -0.2) is 21.6 Å². The minimum atomic E-state index is -3.54. The van der Waals surface area contributed by atoms with E-state index in [1.165, 1.54) is 0 Å². The zero-order chi connectivity index (χ0) is 15.6. The number of nitrogens with one attached hydrogen (secondary N) is 1. The maximum absolute atomic E-state index is 11.9. The van der Waals surface area contributed by atoms with E-state index in [0.717, 1.165) is 16.8 Å². The lowest BCUT2D eigenvalue weighted by molar-refractivity contribution is 0.583. The van der Waals surface area contributed by atoms with E-state index in [1.54, 1.807) is 25.1 Å². The molecule has 0 aliphatic rings. The number of hydrogen-bond donors (Lipinski definition) is 1. The predicted molar refractivity (Wildman–Crippen MR) is 81.2 cm³/mol. The van der Waals surface area contributed by atoms with Crippen molar-refractivity contribution in [3.05, 3.63) is 28.8 Å². The number of halogens is 1. The van der Waals surface area contributed by atoms with Crippen LogP contribution in [0.2, 0.25) is 5.02 Å². The molecule has 0 saturated carbocycles. The third kappa shape index (κ3) is 4.93. The Bertz CT molecular complexity index is 686. The number of hydrogen-bond acceptors (Lipinski definition) is 4. The molecule has 1 rings (SSSR count). The first-order chi connectivity index (χ1) is 9.02. The summed E-state index contributed by atoms with van der Waals surface area (Å²) in [7, 11) is -6.90. The second-order valence-electron chi connectivity index (χ2n) is 4.39. The Hall–Kier alpha value is -0.830. The maximum Gasteiger partial charge on any atom is 0.232 e. The molecule has 20 heavy (non-hydrogen) atoms. The van der Waals surface area contributed by atoms with Crippen LogP contribution in [0.5, 0.6) is 0 Å². The van der Waals surface area contributed by atoms with Crippen molar-refractivity contribution in [2.75, 3.05) is 29.9 Å². The number of sulfonamides is 2. The highest BCUT2D eigenvalue weighted by atomic mass is 35.5. The van der Waals surface area contributed by atoms with E-state index in [1.807, 2.05) is 0 Å². The van der Waals surface area contributed by atoms with Crippen molar-refractivity contribution in [2.24, 2.45) is 0 Å². The zero-order valence-electron chi connectivity index (χ0n) is 11.4. The largest absolute Gasteiger partial charge is 0.269 e. The molecule has 0 bridgehead atoms. The maximum atomic E-state index is 11.9. The van der Waals surface area contributed by atoms with Crippen molar-refractivity contribution in [3.8, 4) is 0 Å². The Morgan fingerprint density at radius 3 is 2.30 bits per heavy atom. The Labute approximate surface area is 124 Å². The average molecular weight is 341 g/mol. The van der Waals surface area contributed by atoms with Gasteiger partial charge in [0.2, 0.25) is 20.0 Å². The monoisotopic (exact) mass is 340 g/mol. The van der Waals surface area contributed by atoms with Crippen LogP contribution in [0.4, 0.5) is 5.69 Å². The number of nitrogens with zero attached hydrogens (tertiary/aromatic N) is 1. The first-order valence-corrected chi connectivity index (χ1v) is 9.81. The van der Waals surface area contributed by atoms with E-state index in [9.17, 15) is 16.8 Å². The van der Waals surface area contributed by atoms with Crippen LogP contribution in [0.3, 0.4) is 0 Å². The summed E-state index contributed by atoms with van der Waals surface area (Å²) in [6, 6.07) is 4.94. The van der Waals surface area contributed by atoms with Gasteiger partial charge < -0.3 is 0 Å². The molecule has 1 aromatic rings. The Kier molecular flexibility index (Phi) is 5.42. The highest BCUT2D eigenvalue weighted by molar-refractivity contribution is 7.92. The molecule has 0 atom stereocenters. The minimum Gasteiger partial charge on any atom is -0.269 e. The molecule has 0 heterocycles. The van der Waals surface area contributed by atoms with E-state index in [-0.39, 0.29) is 13.1 Å². The van der Waals surface area contributed by atoms with Crippen molar-refractivity contribution < 1.29 is 16.8 Å². The molecule has 0 amide bonds. The SMILES string of the molecule is Cc1c(Cl)cccc1N(CCNS(C)(=O)=O)S(C)(=O)=O. The molecule has 9 heteroatoms. The minimum absolute atomic E-state index is 0.00686. The van der Waals surface area contributed by atoms with Gasteiger partial charge in [0.05, 0.1) is 18.2 Å². The van der Waals surface area contributed by atoms with Gasteiger partial charge in [-0.2, -0.15) is 0 Å². The van der Waals surface area contributed by atoms with Crippen molar-refractivity contribution in [2.45, 2.75) is 6.92 Å². The first kappa shape index (κ1) is 17.2. The highest BCUT2D eigenvalue weighted by Crippen LogP contribution is 2.27. The van der Waals surface area contributed by atoms with Crippen LogP contribution >= 0.6 is 11.6 Å². The van der Waals surface area contributed by atoms with Crippen LogP contribution in [-0.2, 0) is 20.0 Å². The van der Waals surface area contributed by atoms with Crippen LogP contribution in [0, 0.1) is 6.92 Å². The Morgan fingerprint density at radius 1 is 1.20 bits per heavy atom. The fourth-order valence-corrected chi connectivity index (χ4v) is 3.27. The van der Waals surface area contributed by atoms with Gasteiger partial charge in [-0.3, -0.25) is 4.31 Å². The second kappa shape index (κ2) is 6.30. The predicted octanol–water partition coefficient (Wildman–Crippen LogP) is 0.964. The number of anilines is 1. The zero-order valence-corrected chi connectivity index (χ0v) is 13.8. The molecular formula is C11H17ClN2O4S2. The van der Waals surface area contributed by atoms with Gasteiger partial charge in [0, 0.05) is 18.1 Å². The smallest absolute Gasteiger partial charge is 0.232 e. The van der Waals surface area contributed by atoms with Crippen LogP contribution in [0.15, 0.2) is 18.2 Å². The molecule has 0 fully saturated rings. The molecule has 1 N–H and O–H groups in total. The van der Waals surface area contributed by atoms with Gasteiger partial charge in [0.15, 0.2) is 0 Å². The molecule has 0 radical (unpaired) electrons. The lowest BCUT2D eigenvalue weighted by atomic mass is 10.2. The number of rotatable bonds is 6. The van der Waals surface area contributed by atoms with Crippen molar-refractivity contribution in [1.82, 2.24) is 4.72 Å². The van der Waals surface area contributed by atoms with Crippen molar-refractivity contribution >= 4 is 37.3 Å². The van der Waals surface area contributed by atoms with E-state index in [2.05, 4.69) is 4.72 Å². The summed E-state index contributed by atoms with van der Waals surface area (Å²) in [4.78, 5) is 0. The Morgan fingerprint density at radius 2 is 1.80 bits per heavy atom. The van der Waals surface area contributed by atoms with Crippen molar-refractivity contribution in [1.29, 1.82) is 0 Å². The van der Waals surface area contributed by atoms with Gasteiger partial charge in [-0.05, 0) is 24.6 Å². The molecule has 114 valence electrons. The summed E-state index contributed by atoms with van der Waals surface area (Å²) in [6.07, 6.45) is 2.08. The van der Waals surface area contributed by atoms with Crippen LogP contribution in [-0.4, -0.2) is 42.4 Å². The van der Waals surface area contributed by atoms with Crippen LogP contribution < -0.4 is 9.03 Å². The van der Waals surface area contributed by atoms with Crippen LogP contribution in [0.1, 0.15) is 5.56 Å². The highest BCUT2D eigenvalue weighted by Gasteiger charge is 2.20. The quantitative estimate of drug-likeness (QED) is 0.836. The lowest BCUT2D eigenvalue weighted by Gasteiger charge is -2.24. The molecule has 1 aromatic carbocycles. The van der Waals surface area contributed by atoms with E-state index in [0.29, 0.717) is 16.3 Å². The molecule has 0 aromatic heterocycles. The van der Waals surface area contributed by atoms with Gasteiger partial charge in [0.25, 0.3) is 0 Å². The summed E-state index contributed by atoms with van der Waals surface area (Å²) in [5.41, 5.74) is 1.06. The third-order valence-electron chi connectivity index (χ3n) is 2.59. The molecule has 0 spiro atoms. The van der Waals surface area contributed by atoms with E-state index < -0.39 is 20.0 Å². The fourth-order valence-electron chi connectivity index (χ4n) is 1.66. The topological polar surface area (TPSA) is 83.6 Å². The first-order valence-electron chi connectivity index (χ1n) is 5.70. The standard InChI is InChI=1S/C11H17ClN2O4S2/c1-9-10(12)5-4-6-11(9)14(20(3,17)18)8-7-13-19(2,15)16/h4-6,13H,7-8H2,1-3H3. The van der Waals surface area contributed by atoms with Gasteiger partial charge >= 0.3 is 0 Å². The summed E-state index contributed by atoms with van der Waals surface area (Å²) < 4.78 is 49.1. The van der Waals surface area contributed by atoms with Gasteiger partial charge in [0.1, 0.15) is 0 Å². The molecule has 0 aliphatic carbocycles. The summed E-state index contributed by atoms with van der Waals surface area (Å²) in [6.45, 7) is 1.69. The lowest BCUT2D eigenvalue weighted by Crippen LogP contribution is -2.38. The number of benzene rings is 1. The average Bonchev–Trinajstić information content (AvgIpc) is 2.26. The third-order valence-corrected chi connectivity index (χ3v) is 4.91. The molecule has 0 unspecified atom stereocenters. The summed E-state index contributed by atoms with van der Waals surface area (Å²) in [5, 5.41) is 0.451. The van der Waals surface area contributed by atoms with Gasteiger partial charge in [-0.15, -0.1) is 0 Å². The summed E-state index contributed by atoms with van der Waals surface area (Å²) >= 11 is 5.98. The van der Waals surface area contributed by atoms with Crippen molar-refractivity contribution in [3.63, 3.8) is 0 Å².